The van der Waals surface area contributed by atoms with E-state index in [0.29, 0.717) is 30.5 Å². The molecule has 0 saturated heterocycles. The monoisotopic (exact) mass is 166 g/mol. The van der Waals surface area contributed by atoms with Gasteiger partial charge >= 0.3 is 0 Å². The Morgan fingerprint density at radius 2 is 1.25 bits per heavy atom. The molecule has 0 amide bonds. The Bertz CT molecular complexity index is 199. The lowest BCUT2D eigenvalue weighted by Gasteiger charge is -2.12. The fourth-order valence-corrected chi connectivity index (χ4v) is 1.86. The maximum Gasteiger partial charge on any atom is 0.140 e. The Morgan fingerprint density at radius 3 is 1.50 bits per heavy atom. The van der Waals surface area contributed by atoms with Crippen LogP contribution in [0.2, 0.25) is 0 Å². The molecule has 0 heterocycles. The van der Waals surface area contributed by atoms with Gasteiger partial charge in [0.05, 0.1) is 0 Å². The van der Waals surface area contributed by atoms with E-state index >= 15 is 0 Å². The van der Waals surface area contributed by atoms with Crippen molar-refractivity contribution in [2.75, 3.05) is 0 Å². The SMILES string of the molecule is CC(C)C1=C(C(C)C)CC(=O)C1. The summed E-state index contributed by atoms with van der Waals surface area (Å²) in [6, 6.07) is 0. The van der Waals surface area contributed by atoms with Crippen LogP contribution in [0.3, 0.4) is 0 Å². The molecule has 12 heavy (non-hydrogen) atoms. The molecule has 0 spiro atoms. The van der Waals surface area contributed by atoms with E-state index in [1.807, 2.05) is 0 Å². The van der Waals surface area contributed by atoms with Crippen molar-refractivity contribution in [3.05, 3.63) is 11.1 Å². The molecular weight excluding hydrogens is 148 g/mol. The number of rotatable bonds is 2. The summed E-state index contributed by atoms with van der Waals surface area (Å²) < 4.78 is 0. The average Bonchev–Trinajstić information content (AvgIpc) is 2.31. The lowest BCUT2D eigenvalue weighted by Crippen LogP contribution is -1.98. The van der Waals surface area contributed by atoms with Gasteiger partial charge in [-0.05, 0) is 11.8 Å². The van der Waals surface area contributed by atoms with E-state index in [1.54, 1.807) is 0 Å². The summed E-state index contributed by atoms with van der Waals surface area (Å²) in [6.07, 6.45) is 1.43. The molecule has 0 aromatic heterocycles. The van der Waals surface area contributed by atoms with E-state index in [2.05, 4.69) is 27.7 Å². The molecule has 1 heteroatoms. The number of carbonyl (C=O) groups excluding carboxylic acids is 1. The smallest absolute Gasteiger partial charge is 0.140 e. The zero-order valence-electron chi connectivity index (χ0n) is 8.48. The van der Waals surface area contributed by atoms with Gasteiger partial charge in [-0.15, -0.1) is 0 Å². The predicted molar refractivity (Wildman–Crippen MR) is 50.9 cm³/mol. The standard InChI is InChI=1S/C11H18O/c1-7(2)10-5-9(12)6-11(10)8(3)4/h7-8H,5-6H2,1-4H3. The summed E-state index contributed by atoms with van der Waals surface area (Å²) in [7, 11) is 0. The van der Waals surface area contributed by atoms with Crippen molar-refractivity contribution >= 4 is 5.78 Å². The van der Waals surface area contributed by atoms with Gasteiger partial charge in [0, 0.05) is 12.8 Å². The highest BCUT2D eigenvalue weighted by Crippen LogP contribution is 2.33. The van der Waals surface area contributed by atoms with E-state index in [-0.39, 0.29) is 0 Å². The number of hydrogen-bond donors (Lipinski definition) is 0. The Morgan fingerprint density at radius 1 is 0.917 bits per heavy atom. The second kappa shape index (κ2) is 3.42. The highest BCUT2D eigenvalue weighted by atomic mass is 16.1. The first-order valence-corrected chi connectivity index (χ1v) is 4.76. The van der Waals surface area contributed by atoms with Gasteiger partial charge in [0.1, 0.15) is 5.78 Å². The molecule has 0 radical (unpaired) electrons. The van der Waals surface area contributed by atoms with Crippen molar-refractivity contribution in [1.29, 1.82) is 0 Å². The van der Waals surface area contributed by atoms with Crippen LogP contribution in [0.15, 0.2) is 11.1 Å². The third-order valence-electron chi connectivity index (χ3n) is 2.58. The van der Waals surface area contributed by atoms with E-state index in [0.717, 1.165) is 0 Å². The maximum absolute atomic E-state index is 11.2. The van der Waals surface area contributed by atoms with Crippen molar-refractivity contribution < 1.29 is 4.79 Å². The van der Waals surface area contributed by atoms with Crippen LogP contribution in [0, 0.1) is 11.8 Å². The lowest BCUT2D eigenvalue weighted by molar-refractivity contribution is -0.117. The molecule has 1 aliphatic rings. The number of carbonyl (C=O) groups is 1. The molecule has 0 N–H and O–H groups in total. The van der Waals surface area contributed by atoms with E-state index in [1.165, 1.54) is 11.1 Å². The van der Waals surface area contributed by atoms with Crippen LogP contribution < -0.4 is 0 Å². The molecule has 1 aliphatic carbocycles. The van der Waals surface area contributed by atoms with Gasteiger partial charge in [-0.3, -0.25) is 4.79 Å². The van der Waals surface area contributed by atoms with Crippen molar-refractivity contribution in [3.63, 3.8) is 0 Å². The van der Waals surface area contributed by atoms with Crippen LogP contribution in [-0.4, -0.2) is 5.78 Å². The number of hydrogen-bond acceptors (Lipinski definition) is 1. The van der Waals surface area contributed by atoms with Crippen LogP contribution in [0.5, 0.6) is 0 Å². The minimum atomic E-state index is 0.405. The number of allylic oxidation sites excluding steroid dienone is 2. The van der Waals surface area contributed by atoms with E-state index in [4.69, 9.17) is 0 Å². The molecular formula is C11H18O. The maximum atomic E-state index is 11.2. The summed E-state index contributed by atoms with van der Waals surface area (Å²) in [5.41, 5.74) is 2.80. The highest BCUT2D eigenvalue weighted by Gasteiger charge is 2.24. The van der Waals surface area contributed by atoms with Gasteiger partial charge in [-0.1, -0.05) is 38.8 Å². The molecule has 0 bridgehead atoms. The van der Waals surface area contributed by atoms with Crippen molar-refractivity contribution in [3.8, 4) is 0 Å². The fourth-order valence-electron chi connectivity index (χ4n) is 1.86. The average molecular weight is 166 g/mol. The first-order chi connectivity index (χ1) is 5.52. The number of Topliss-reactive ketones (excluding diaryl/α,β-unsaturated/α-hetero) is 1. The second-order valence-corrected chi connectivity index (χ2v) is 4.25. The first kappa shape index (κ1) is 9.50. The minimum absolute atomic E-state index is 0.405. The fraction of sp³-hybridized carbons (Fsp3) is 0.727. The van der Waals surface area contributed by atoms with Crippen molar-refractivity contribution in [2.24, 2.45) is 11.8 Å². The van der Waals surface area contributed by atoms with Crippen LogP contribution in [0.1, 0.15) is 40.5 Å². The molecule has 0 atom stereocenters. The van der Waals surface area contributed by atoms with Crippen LogP contribution >= 0.6 is 0 Å². The zero-order chi connectivity index (χ0) is 9.30. The van der Waals surface area contributed by atoms with E-state index < -0.39 is 0 Å². The summed E-state index contributed by atoms with van der Waals surface area (Å²) >= 11 is 0. The zero-order valence-corrected chi connectivity index (χ0v) is 8.48. The van der Waals surface area contributed by atoms with Gasteiger partial charge in [0.2, 0.25) is 0 Å². The molecule has 0 aromatic carbocycles. The Labute approximate surface area is 74.9 Å². The first-order valence-electron chi connectivity index (χ1n) is 4.76. The van der Waals surface area contributed by atoms with Gasteiger partial charge in [0.25, 0.3) is 0 Å². The largest absolute Gasteiger partial charge is 0.299 e. The summed E-state index contributed by atoms with van der Waals surface area (Å²) in [6.45, 7) is 8.71. The Kier molecular flexibility index (Phi) is 2.71. The van der Waals surface area contributed by atoms with Gasteiger partial charge in [-0.25, -0.2) is 0 Å². The molecule has 0 aliphatic heterocycles. The lowest BCUT2D eigenvalue weighted by atomic mass is 9.93. The van der Waals surface area contributed by atoms with E-state index in [9.17, 15) is 4.79 Å². The Hall–Kier alpha value is -0.590. The molecule has 0 unspecified atom stereocenters. The predicted octanol–water partition coefficient (Wildman–Crippen LogP) is 2.96. The number of ketones is 1. The molecule has 1 nitrogen and oxygen atoms in total. The van der Waals surface area contributed by atoms with Crippen LogP contribution in [-0.2, 0) is 4.79 Å². The van der Waals surface area contributed by atoms with Gasteiger partial charge in [0.15, 0.2) is 0 Å². The summed E-state index contributed by atoms with van der Waals surface area (Å²) in [5, 5.41) is 0. The van der Waals surface area contributed by atoms with Crippen LogP contribution in [0.25, 0.3) is 0 Å². The second-order valence-electron chi connectivity index (χ2n) is 4.25. The Balaban J connectivity index is 2.88. The molecule has 0 fully saturated rings. The normalized spacial score (nSPS) is 18.7. The van der Waals surface area contributed by atoms with Crippen molar-refractivity contribution in [1.82, 2.24) is 0 Å². The van der Waals surface area contributed by atoms with Crippen molar-refractivity contribution in [2.45, 2.75) is 40.5 Å². The third kappa shape index (κ3) is 1.77. The summed E-state index contributed by atoms with van der Waals surface area (Å²) in [5.74, 6) is 1.50. The minimum Gasteiger partial charge on any atom is -0.299 e. The summed E-state index contributed by atoms with van der Waals surface area (Å²) in [4.78, 5) is 11.2. The van der Waals surface area contributed by atoms with Crippen LogP contribution in [0.4, 0.5) is 0 Å². The quantitative estimate of drug-likeness (QED) is 0.576. The van der Waals surface area contributed by atoms with Gasteiger partial charge in [-0.2, -0.15) is 0 Å². The third-order valence-corrected chi connectivity index (χ3v) is 2.58. The molecule has 0 saturated carbocycles. The highest BCUT2D eigenvalue weighted by molar-refractivity contribution is 5.87. The molecule has 1 rings (SSSR count). The van der Waals surface area contributed by atoms with Gasteiger partial charge < -0.3 is 0 Å². The molecule has 0 aromatic rings. The molecule has 68 valence electrons. The topological polar surface area (TPSA) is 17.1 Å².